The summed E-state index contributed by atoms with van der Waals surface area (Å²) < 4.78 is 4.89. The van der Waals surface area contributed by atoms with E-state index in [2.05, 4.69) is 20.2 Å². The van der Waals surface area contributed by atoms with Crippen molar-refractivity contribution < 1.29 is 9.53 Å². The third-order valence-corrected chi connectivity index (χ3v) is 3.38. The lowest BCUT2D eigenvalue weighted by Gasteiger charge is -2.19. The molecule has 0 radical (unpaired) electrons. The van der Waals surface area contributed by atoms with Crippen molar-refractivity contribution in [2.75, 3.05) is 38.3 Å². The molecule has 1 fully saturated rings. The zero-order valence-electron chi connectivity index (χ0n) is 12.0. The summed E-state index contributed by atoms with van der Waals surface area (Å²) in [6.07, 6.45) is 8.10. The molecule has 20 heavy (non-hydrogen) atoms. The molecule has 0 saturated carbocycles. The zero-order chi connectivity index (χ0) is 14.2. The third kappa shape index (κ3) is 4.16. The lowest BCUT2D eigenvalue weighted by atomic mass is 10.2. The topological polar surface area (TPSA) is 67.3 Å². The minimum Gasteiger partial charge on any atom is -0.383 e. The smallest absolute Gasteiger partial charge is 0.254 e. The van der Waals surface area contributed by atoms with Crippen molar-refractivity contribution in [3.63, 3.8) is 0 Å². The van der Waals surface area contributed by atoms with Crippen LogP contribution >= 0.6 is 0 Å². The number of rotatable bonds is 5. The fourth-order valence-corrected chi connectivity index (χ4v) is 2.24. The highest BCUT2D eigenvalue weighted by Crippen LogP contribution is 2.15. The largest absolute Gasteiger partial charge is 0.383 e. The van der Waals surface area contributed by atoms with Gasteiger partial charge in [0, 0.05) is 39.1 Å². The molecule has 0 unspecified atom stereocenters. The number of nitrogens with zero attached hydrogens (tertiary/aromatic N) is 3. The molecular formula is C14H22N4O2. The van der Waals surface area contributed by atoms with Gasteiger partial charge in [-0.15, -0.1) is 0 Å². The SMILES string of the molecule is COCCNC(=O)c1cnc(N2CCCCCC2)nc1. The summed E-state index contributed by atoms with van der Waals surface area (Å²) in [5.74, 6) is 0.560. The highest BCUT2D eigenvalue weighted by atomic mass is 16.5. The second-order valence-corrected chi connectivity index (χ2v) is 4.92. The van der Waals surface area contributed by atoms with Gasteiger partial charge in [-0.1, -0.05) is 12.8 Å². The van der Waals surface area contributed by atoms with E-state index in [-0.39, 0.29) is 5.91 Å². The van der Waals surface area contributed by atoms with Gasteiger partial charge in [0.2, 0.25) is 5.95 Å². The zero-order valence-corrected chi connectivity index (χ0v) is 12.0. The Labute approximate surface area is 119 Å². The Hall–Kier alpha value is -1.69. The van der Waals surface area contributed by atoms with Crippen LogP contribution in [0.3, 0.4) is 0 Å². The first kappa shape index (κ1) is 14.7. The van der Waals surface area contributed by atoms with Gasteiger partial charge < -0.3 is 15.0 Å². The second kappa shape index (κ2) is 7.79. The molecule has 1 saturated heterocycles. The highest BCUT2D eigenvalue weighted by molar-refractivity contribution is 5.93. The van der Waals surface area contributed by atoms with E-state index < -0.39 is 0 Å². The van der Waals surface area contributed by atoms with Gasteiger partial charge in [-0.25, -0.2) is 9.97 Å². The Morgan fingerprint density at radius 2 is 1.90 bits per heavy atom. The lowest BCUT2D eigenvalue weighted by Crippen LogP contribution is -2.28. The van der Waals surface area contributed by atoms with E-state index in [1.165, 1.54) is 25.7 Å². The van der Waals surface area contributed by atoms with Crippen molar-refractivity contribution in [2.45, 2.75) is 25.7 Å². The van der Waals surface area contributed by atoms with Crippen molar-refractivity contribution in [2.24, 2.45) is 0 Å². The van der Waals surface area contributed by atoms with Crippen LogP contribution in [-0.4, -0.2) is 49.2 Å². The Morgan fingerprint density at radius 3 is 2.50 bits per heavy atom. The van der Waals surface area contributed by atoms with Crippen LogP contribution in [0.25, 0.3) is 0 Å². The van der Waals surface area contributed by atoms with Gasteiger partial charge in [0.25, 0.3) is 5.91 Å². The maximum absolute atomic E-state index is 11.8. The van der Waals surface area contributed by atoms with Crippen LogP contribution in [0.15, 0.2) is 12.4 Å². The van der Waals surface area contributed by atoms with Gasteiger partial charge in [0.1, 0.15) is 0 Å². The Kier molecular flexibility index (Phi) is 5.73. The van der Waals surface area contributed by atoms with E-state index in [0.29, 0.717) is 18.7 Å². The van der Waals surface area contributed by atoms with E-state index >= 15 is 0 Å². The number of amides is 1. The molecule has 0 atom stereocenters. The Bertz CT molecular complexity index is 414. The molecule has 1 aliphatic rings. The summed E-state index contributed by atoms with van der Waals surface area (Å²) in [4.78, 5) is 22.6. The summed E-state index contributed by atoms with van der Waals surface area (Å²) in [6.45, 7) is 2.99. The van der Waals surface area contributed by atoms with Crippen molar-refractivity contribution in [3.05, 3.63) is 18.0 Å². The van der Waals surface area contributed by atoms with Gasteiger partial charge in [0.05, 0.1) is 12.2 Å². The maximum atomic E-state index is 11.8. The molecule has 6 heteroatoms. The fraction of sp³-hybridized carbons (Fsp3) is 0.643. The summed E-state index contributed by atoms with van der Waals surface area (Å²) >= 11 is 0. The van der Waals surface area contributed by atoms with Crippen LogP contribution < -0.4 is 10.2 Å². The Morgan fingerprint density at radius 1 is 1.25 bits per heavy atom. The predicted octanol–water partition coefficient (Wildman–Crippen LogP) is 1.23. The number of hydrogen-bond donors (Lipinski definition) is 1. The molecule has 6 nitrogen and oxygen atoms in total. The Balaban J connectivity index is 1.93. The number of carbonyl (C=O) groups excluding carboxylic acids is 1. The van der Waals surface area contributed by atoms with Gasteiger partial charge in [-0.3, -0.25) is 4.79 Å². The summed E-state index contributed by atoms with van der Waals surface area (Å²) in [5.41, 5.74) is 0.486. The molecule has 1 aromatic rings. The molecule has 0 bridgehead atoms. The third-order valence-electron chi connectivity index (χ3n) is 3.38. The van der Waals surface area contributed by atoms with Crippen LogP contribution in [-0.2, 0) is 4.74 Å². The standard InChI is InChI=1S/C14H22N4O2/c1-20-9-6-15-13(19)12-10-16-14(17-11-12)18-7-4-2-3-5-8-18/h10-11H,2-9H2,1H3,(H,15,19). The number of aromatic nitrogens is 2. The molecular weight excluding hydrogens is 256 g/mol. The molecule has 2 rings (SSSR count). The van der Waals surface area contributed by atoms with Crippen molar-refractivity contribution in [1.29, 1.82) is 0 Å². The first-order valence-electron chi connectivity index (χ1n) is 7.15. The first-order valence-corrected chi connectivity index (χ1v) is 7.15. The van der Waals surface area contributed by atoms with Crippen LogP contribution in [0.4, 0.5) is 5.95 Å². The van der Waals surface area contributed by atoms with Crippen LogP contribution in [0.1, 0.15) is 36.0 Å². The molecule has 1 N–H and O–H groups in total. The van der Waals surface area contributed by atoms with E-state index in [0.717, 1.165) is 19.0 Å². The van der Waals surface area contributed by atoms with Crippen LogP contribution in [0.2, 0.25) is 0 Å². The average Bonchev–Trinajstić information content (AvgIpc) is 2.77. The number of anilines is 1. The van der Waals surface area contributed by atoms with Gasteiger partial charge >= 0.3 is 0 Å². The second-order valence-electron chi connectivity index (χ2n) is 4.92. The van der Waals surface area contributed by atoms with Crippen molar-refractivity contribution in [3.8, 4) is 0 Å². The lowest BCUT2D eigenvalue weighted by molar-refractivity contribution is 0.0936. The molecule has 1 aliphatic heterocycles. The quantitative estimate of drug-likeness (QED) is 0.821. The predicted molar refractivity (Wildman–Crippen MR) is 76.9 cm³/mol. The number of methoxy groups -OCH3 is 1. The molecule has 110 valence electrons. The molecule has 0 aromatic carbocycles. The van der Waals surface area contributed by atoms with Crippen molar-refractivity contribution in [1.82, 2.24) is 15.3 Å². The normalized spacial score (nSPS) is 15.8. The number of carbonyl (C=O) groups is 1. The molecule has 0 spiro atoms. The number of nitrogens with one attached hydrogen (secondary N) is 1. The first-order chi connectivity index (χ1) is 9.81. The van der Waals surface area contributed by atoms with E-state index in [4.69, 9.17) is 4.74 Å². The van der Waals surface area contributed by atoms with Gasteiger partial charge in [0.15, 0.2) is 0 Å². The summed E-state index contributed by atoms with van der Waals surface area (Å²) in [7, 11) is 1.60. The average molecular weight is 278 g/mol. The summed E-state index contributed by atoms with van der Waals surface area (Å²) in [5, 5.41) is 2.75. The maximum Gasteiger partial charge on any atom is 0.254 e. The monoisotopic (exact) mass is 278 g/mol. The van der Waals surface area contributed by atoms with Crippen LogP contribution in [0.5, 0.6) is 0 Å². The minimum absolute atomic E-state index is 0.163. The summed E-state index contributed by atoms with van der Waals surface area (Å²) in [6, 6.07) is 0. The number of hydrogen-bond acceptors (Lipinski definition) is 5. The van der Waals surface area contributed by atoms with Gasteiger partial charge in [-0.05, 0) is 12.8 Å². The van der Waals surface area contributed by atoms with E-state index in [1.54, 1.807) is 19.5 Å². The molecule has 1 aromatic heterocycles. The number of ether oxygens (including phenoxy) is 1. The van der Waals surface area contributed by atoms with Crippen LogP contribution in [0, 0.1) is 0 Å². The fourth-order valence-electron chi connectivity index (χ4n) is 2.24. The van der Waals surface area contributed by atoms with Gasteiger partial charge in [-0.2, -0.15) is 0 Å². The molecule has 1 amide bonds. The minimum atomic E-state index is -0.163. The highest BCUT2D eigenvalue weighted by Gasteiger charge is 2.13. The van der Waals surface area contributed by atoms with E-state index in [1.807, 2.05) is 0 Å². The molecule has 2 heterocycles. The molecule has 0 aliphatic carbocycles. The van der Waals surface area contributed by atoms with Crippen molar-refractivity contribution >= 4 is 11.9 Å². The van der Waals surface area contributed by atoms with E-state index in [9.17, 15) is 4.79 Å².